The number of nitrogens with zero attached hydrogens (tertiary/aromatic N) is 7. The SMILES string of the molecule is Cn1ccnc1-c1cn(Cc2ccccc2Cn2cccn2)nn1. The van der Waals surface area contributed by atoms with E-state index < -0.39 is 0 Å². The second kappa shape index (κ2) is 6.11. The number of hydrogen-bond donors (Lipinski definition) is 0. The molecule has 0 aliphatic carbocycles. The lowest BCUT2D eigenvalue weighted by atomic mass is 10.1. The lowest BCUT2D eigenvalue weighted by Gasteiger charge is -2.09. The van der Waals surface area contributed by atoms with E-state index in [-0.39, 0.29) is 0 Å². The number of aryl methyl sites for hydroxylation is 1. The molecule has 0 saturated carbocycles. The van der Waals surface area contributed by atoms with E-state index in [2.05, 4.69) is 32.5 Å². The quantitative estimate of drug-likeness (QED) is 0.564. The Hall–Kier alpha value is -3.22. The molecule has 0 fully saturated rings. The fraction of sp³-hybridized carbons (Fsp3) is 0.176. The Labute approximate surface area is 139 Å². The molecular weight excluding hydrogens is 302 g/mol. The van der Waals surface area contributed by atoms with Crippen LogP contribution in [0.15, 0.2) is 61.3 Å². The third kappa shape index (κ3) is 2.83. The van der Waals surface area contributed by atoms with Crippen LogP contribution >= 0.6 is 0 Å². The molecule has 0 spiro atoms. The van der Waals surface area contributed by atoms with Crippen molar-refractivity contribution in [1.82, 2.24) is 34.3 Å². The van der Waals surface area contributed by atoms with Crippen molar-refractivity contribution in [2.45, 2.75) is 13.1 Å². The van der Waals surface area contributed by atoms with Gasteiger partial charge in [-0.25, -0.2) is 9.67 Å². The van der Waals surface area contributed by atoms with Crippen LogP contribution in [0.2, 0.25) is 0 Å². The van der Waals surface area contributed by atoms with Gasteiger partial charge in [0.15, 0.2) is 5.82 Å². The first-order chi connectivity index (χ1) is 11.8. The van der Waals surface area contributed by atoms with Gasteiger partial charge in [-0.15, -0.1) is 5.10 Å². The van der Waals surface area contributed by atoms with Crippen molar-refractivity contribution in [3.63, 3.8) is 0 Å². The Morgan fingerprint density at radius 2 is 1.71 bits per heavy atom. The van der Waals surface area contributed by atoms with E-state index in [9.17, 15) is 0 Å². The summed E-state index contributed by atoms with van der Waals surface area (Å²) >= 11 is 0. The first-order valence-electron chi connectivity index (χ1n) is 7.71. The highest BCUT2D eigenvalue weighted by atomic mass is 15.4. The molecule has 4 rings (SSSR count). The van der Waals surface area contributed by atoms with Crippen molar-refractivity contribution in [2.24, 2.45) is 7.05 Å². The largest absolute Gasteiger partial charge is 0.333 e. The summed E-state index contributed by atoms with van der Waals surface area (Å²) in [5, 5.41) is 12.7. The summed E-state index contributed by atoms with van der Waals surface area (Å²) in [7, 11) is 1.95. The van der Waals surface area contributed by atoms with Crippen LogP contribution in [-0.4, -0.2) is 34.3 Å². The van der Waals surface area contributed by atoms with Gasteiger partial charge in [-0.05, 0) is 17.2 Å². The van der Waals surface area contributed by atoms with E-state index in [0.29, 0.717) is 6.54 Å². The molecule has 3 heterocycles. The smallest absolute Gasteiger partial charge is 0.161 e. The summed E-state index contributed by atoms with van der Waals surface area (Å²) in [5.74, 6) is 0.811. The topological polar surface area (TPSA) is 66.3 Å². The van der Waals surface area contributed by atoms with Crippen LogP contribution in [0, 0.1) is 0 Å². The third-order valence-electron chi connectivity index (χ3n) is 3.93. The van der Waals surface area contributed by atoms with Gasteiger partial charge in [-0.1, -0.05) is 29.5 Å². The van der Waals surface area contributed by atoms with E-state index in [1.807, 2.05) is 57.8 Å². The van der Waals surface area contributed by atoms with Gasteiger partial charge in [-0.2, -0.15) is 5.10 Å². The molecule has 0 amide bonds. The van der Waals surface area contributed by atoms with Crippen molar-refractivity contribution in [2.75, 3.05) is 0 Å². The summed E-state index contributed by atoms with van der Waals surface area (Å²) in [4.78, 5) is 4.31. The van der Waals surface area contributed by atoms with Crippen LogP contribution in [0.3, 0.4) is 0 Å². The molecule has 0 unspecified atom stereocenters. The lowest BCUT2D eigenvalue weighted by molar-refractivity contribution is 0.631. The van der Waals surface area contributed by atoms with Gasteiger partial charge in [0, 0.05) is 31.8 Å². The third-order valence-corrected chi connectivity index (χ3v) is 3.93. The van der Waals surface area contributed by atoms with Crippen molar-refractivity contribution < 1.29 is 0 Å². The molecule has 4 aromatic rings. The highest BCUT2D eigenvalue weighted by Gasteiger charge is 2.10. The summed E-state index contributed by atoms with van der Waals surface area (Å²) in [6.45, 7) is 1.40. The van der Waals surface area contributed by atoms with Gasteiger partial charge in [0.1, 0.15) is 5.69 Å². The molecular formula is C17H17N7. The molecule has 7 nitrogen and oxygen atoms in total. The monoisotopic (exact) mass is 319 g/mol. The highest BCUT2D eigenvalue weighted by molar-refractivity contribution is 5.47. The molecule has 3 aromatic heterocycles. The standard InChI is InChI=1S/C17H17N7/c1-22-10-8-18-17(22)16-13-24(21-20-16)12-15-6-3-2-5-14(15)11-23-9-4-7-19-23/h2-10,13H,11-12H2,1H3. The van der Waals surface area contributed by atoms with Crippen LogP contribution in [0.5, 0.6) is 0 Å². The summed E-state index contributed by atoms with van der Waals surface area (Å²) in [6.07, 6.45) is 9.33. The molecule has 7 heteroatoms. The molecule has 1 aromatic carbocycles. The van der Waals surface area contributed by atoms with E-state index in [1.54, 1.807) is 12.4 Å². The summed E-state index contributed by atoms with van der Waals surface area (Å²) in [5.41, 5.74) is 3.19. The number of benzene rings is 1. The molecule has 0 saturated heterocycles. The molecule has 0 atom stereocenters. The van der Waals surface area contributed by atoms with E-state index in [4.69, 9.17) is 0 Å². The van der Waals surface area contributed by atoms with Crippen LogP contribution < -0.4 is 0 Å². The van der Waals surface area contributed by atoms with Crippen LogP contribution in [0.4, 0.5) is 0 Å². The minimum absolute atomic E-state index is 0.662. The normalized spacial score (nSPS) is 11.0. The van der Waals surface area contributed by atoms with Gasteiger partial charge < -0.3 is 4.57 Å². The van der Waals surface area contributed by atoms with Crippen LogP contribution in [0.1, 0.15) is 11.1 Å². The molecule has 24 heavy (non-hydrogen) atoms. The average Bonchev–Trinajstić information content (AvgIpc) is 3.31. The summed E-state index contributed by atoms with van der Waals surface area (Å²) in [6, 6.07) is 10.2. The molecule has 0 aliphatic heterocycles. The second-order valence-electron chi connectivity index (χ2n) is 5.64. The van der Waals surface area contributed by atoms with Gasteiger partial charge in [0.25, 0.3) is 0 Å². The van der Waals surface area contributed by atoms with Crippen molar-refractivity contribution >= 4 is 0 Å². The average molecular weight is 319 g/mol. The zero-order valence-corrected chi connectivity index (χ0v) is 13.3. The molecule has 120 valence electrons. The van der Waals surface area contributed by atoms with Gasteiger partial charge in [0.05, 0.1) is 19.3 Å². The number of rotatable bonds is 5. The van der Waals surface area contributed by atoms with E-state index in [1.165, 1.54) is 11.1 Å². The molecule has 0 bridgehead atoms. The predicted octanol–water partition coefficient (Wildman–Crippen LogP) is 1.97. The maximum atomic E-state index is 4.31. The Morgan fingerprint density at radius 1 is 0.917 bits per heavy atom. The number of hydrogen-bond acceptors (Lipinski definition) is 4. The number of aromatic nitrogens is 7. The highest BCUT2D eigenvalue weighted by Crippen LogP contribution is 2.15. The van der Waals surface area contributed by atoms with E-state index >= 15 is 0 Å². The van der Waals surface area contributed by atoms with Crippen molar-refractivity contribution in [3.05, 3.63) is 72.4 Å². The molecule has 0 radical (unpaired) electrons. The second-order valence-corrected chi connectivity index (χ2v) is 5.64. The predicted molar refractivity (Wildman–Crippen MR) is 89.1 cm³/mol. The zero-order chi connectivity index (χ0) is 16.4. The fourth-order valence-electron chi connectivity index (χ4n) is 2.70. The van der Waals surface area contributed by atoms with Crippen molar-refractivity contribution in [1.29, 1.82) is 0 Å². The lowest BCUT2D eigenvalue weighted by Crippen LogP contribution is -2.07. The maximum absolute atomic E-state index is 4.31. The Bertz CT molecular complexity index is 933. The van der Waals surface area contributed by atoms with Crippen LogP contribution in [-0.2, 0) is 20.1 Å². The minimum Gasteiger partial charge on any atom is -0.333 e. The van der Waals surface area contributed by atoms with Gasteiger partial charge in [0.2, 0.25) is 0 Å². The Kier molecular flexibility index (Phi) is 3.66. The molecule has 0 aliphatic rings. The van der Waals surface area contributed by atoms with E-state index in [0.717, 1.165) is 18.1 Å². The zero-order valence-electron chi connectivity index (χ0n) is 13.3. The first kappa shape index (κ1) is 14.4. The first-order valence-corrected chi connectivity index (χ1v) is 7.71. The van der Waals surface area contributed by atoms with Crippen LogP contribution in [0.25, 0.3) is 11.5 Å². The number of imidazole rings is 1. The minimum atomic E-state index is 0.662. The van der Waals surface area contributed by atoms with Gasteiger partial charge in [-0.3, -0.25) is 4.68 Å². The van der Waals surface area contributed by atoms with Gasteiger partial charge >= 0.3 is 0 Å². The summed E-state index contributed by atoms with van der Waals surface area (Å²) < 4.78 is 5.69. The molecule has 0 N–H and O–H groups in total. The maximum Gasteiger partial charge on any atom is 0.161 e. The Morgan fingerprint density at radius 3 is 2.38 bits per heavy atom. The Balaban J connectivity index is 1.58. The van der Waals surface area contributed by atoms with Crippen molar-refractivity contribution in [3.8, 4) is 11.5 Å². The fourth-order valence-corrected chi connectivity index (χ4v) is 2.70.